The summed E-state index contributed by atoms with van der Waals surface area (Å²) in [6, 6.07) is 2.79. The molecular formula is C13H17N3O3. The summed E-state index contributed by atoms with van der Waals surface area (Å²) in [5, 5.41) is 11.7. The first-order valence-electron chi connectivity index (χ1n) is 6.23. The highest BCUT2D eigenvalue weighted by molar-refractivity contribution is 5.89. The second kappa shape index (κ2) is 5.26. The minimum Gasteiger partial charge on any atom is -0.478 e. The van der Waals surface area contributed by atoms with Crippen LogP contribution in [0.15, 0.2) is 12.1 Å². The van der Waals surface area contributed by atoms with Crippen LogP contribution in [-0.2, 0) is 4.79 Å². The number of carboxylic acids is 1. The number of carbonyl (C=O) groups excluding carboxylic acids is 1. The van der Waals surface area contributed by atoms with E-state index in [-0.39, 0.29) is 17.5 Å². The van der Waals surface area contributed by atoms with Gasteiger partial charge in [0.2, 0.25) is 5.91 Å². The van der Waals surface area contributed by atoms with Gasteiger partial charge in [-0.1, -0.05) is 0 Å². The van der Waals surface area contributed by atoms with E-state index in [0.29, 0.717) is 18.1 Å². The lowest BCUT2D eigenvalue weighted by molar-refractivity contribution is -0.121. The van der Waals surface area contributed by atoms with E-state index in [2.05, 4.69) is 10.3 Å². The van der Waals surface area contributed by atoms with Crippen molar-refractivity contribution >= 4 is 17.7 Å². The average Bonchev–Trinajstić information content (AvgIpc) is 2.86. The van der Waals surface area contributed by atoms with Crippen molar-refractivity contribution in [2.45, 2.75) is 25.8 Å². The van der Waals surface area contributed by atoms with Gasteiger partial charge in [-0.05, 0) is 31.9 Å². The number of aromatic carboxylic acids is 1. The van der Waals surface area contributed by atoms with Crippen molar-refractivity contribution in [3.8, 4) is 0 Å². The maximum absolute atomic E-state index is 11.8. The van der Waals surface area contributed by atoms with Gasteiger partial charge in [0.25, 0.3) is 0 Å². The van der Waals surface area contributed by atoms with E-state index in [1.54, 1.807) is 14.0 Å². The van der Waals surface area contributed by atoms with Gasteiger partial charge in [-0.2, -0.15) is 0 Å². The summed E-state index contributed by atoms with van der Waals surface area (Å²) in [6.07, 6.45) is 1.66. The molecule has 1 saturated heterocycles. The lowest BCUT2D eigenvalue weighted by Gasteiger charge is -2.24. The number of carboxylic acid groups (broad SMARTS) is 1. The molecule has 2 rings (SSSR count). The topological polar surface area (TPSA) is 82.5 Å². The maximum atomic E-state index is 11.8. The summed E-state index contributed by atoms with van der Waals surface area (Å²) >= 11 is 0. The fourth-order valence-electron chi connectivity index (χ4n) is 2.40. The van der Waals surface area contributed by atoms with Gasteiger partial charge in [0.05, 0.1) is 5.56 Å². The Kier molecular flexibility index (Phi) is 3.69. The van der Waals surface area contributed by atoms with E-state index in [9.17, 15) is 9.59 Å². The van der Waals surface area contributed by atoms with Gasteiger partial charge in [-0.25, -0.2) is 9.78 Å². The molecule has 0 radical (unpaired) electrons. The van der Waals surface area contributed by atoms with E-state index in [1.807, 2.05) is 4.90 Å². The molecule has 1 unspecified atom stereocenters. The summed E-state index contributed by atoms with van der Waals surface area (Å²) in [5.41, 5.74) is 0.836. The van der Waals surface area contributed by atoms with Gasteiger partial charge in [-0.15, -0.1) is 0 Å². The summed E-state index contributed by atoms with van der Waals surface area (Å²) < 4.78 is 0. The van der Waals surface area contributed by atoms with E-state index < -0.39 is 5.97 Å². The molecule has 0 bridgehead atoms. The van der Waals surface area contributed by atoms with Crippen molar-refractivity contribution in [3.05, 3.63) is 23.4 Å². The fourth-order valence-corrected chi connectivity index (χ4v) is 2.40. The third kappa shape index (κ3) is 2.67. The number of pyridine rings is 1. The third-order valence-electron chi connectivity index (χ3n) is 3.28. The predicted molar refractivity (Wildman–Crippen MR) is 70.4 cm³/mol. The molecule has 1 amide bonds. The molecule has 1 aliphatic rings. The number of rotatable bonds is 3. The largest absolute Gasteiger partial charge is 0.478 e. The lowest BCUT2D eigenvalue weighted by atomic mass is 10.2. The van der Waals surface area contributed by atoms with Crippen molar-refractivity contribution in [2.75, 3.05) is 18.5 Å². The molecule has 6 nitrogen and oxygen atoms in total. The summed E-state index contributed by atoms with van der Waals surface area (Å²) in [7, 11) is 1.60. The van der Waals surface area contributed by atoms with Crippen LogP contribution in [0.2, 0.25) is 0 Å². The number of nitrogens with one attached hydrogen (secondary N) is 1. The minimum atomic E-state index is -0.984. The van der Waals surface area contributed by atoms with E-state index in [0.717, 1.165) is 12.8 Å². The SMILES string of the molecule is CNC(=O)C1CCCN1c1cc(C(=O)O)cc(C)n1. The molecule has 102 valence electrons. The Bertz CT molecular complexity index is 516. The number of hydrogen-bond acceptors (Lipinski definition) is 4. The normalized spacial score (nSPS) is 18.4. The Balaban J connectivity index is 2.35. The highest BCUT2D eigenvalue weighted by Gasteiger charge is 2.31. The first kappa shape index (κ1) is 13.3. The van der Waals surface area contributed by atoms with Gasteiger partial charge in [0.1, 0.15) is 11.9 Å². The summed E-state index contributed by atoms with van der Waals surface area (Å²) in [5.74, 6) is -0.483. The highest BCUT2D eigenvalue weighted by Crippen LogP contribution is 2.25. The van der Waals surface area contributed by atoms with Crippen LogP contribution < -0.4 is 10.2 Å². The molecule has 1 atom stereocenters. The van der Waals surface area contributed by atoms with Crippen molar-refractivity contribution in [1.82, 2.24) is 10.3 Å². The van der Waals surface area contributed by atoms with Crippen LogP contribution in [0.4, 0.5) is 5.82 Å². The number of likely N-dealkylation sites (N-methyl/N-ethyl adjacent to an activating group) is 1. The van der Waals surface area contributed by atoms with Crippen LogP contribution in [0, 0.1) is 6.92 Å². The smallest absolute Gasteiger partial charge is 0.335 e. The molecular weight excluding hydrogens is 246 g/mol. The van der Waals surface area contributed by atoms with Gasteiger partial charge >= 0.3 is 5.97 Å². The second-order valence-corrected chi connectivity index (χ2v) is 4.63. The minimum absolute atomic E-state index is 0.0577. The molecule has 1 aromatic heterocycles. The maximum Gasteiger partial charge on any atom is 0.335 e. The Morgan fingerprint density at radius 1 is 1.47 bits per heavy atom. The number of amides is 1. The molecule has 2 N–H and O–H groups in total. The number of carbonyl (C=O) groups is 2. The number of aryl methyl sites for hydroxylation is 1. The summed E-state index contributed by atoms with van der Waals surface area (Å²) in [6.45, 7) is 2.47. The molecule has 0 aliphatic carbocycles. The fraction of sp³-hybridized carbons (Fsp3) is 0.462. The van der Waals surface area contributed by atoms with Crippen LogP contribution in [0.5, 0.6) is 0 Å². The quantitative estimate of drug-likeness (QED) is 0.843. The number of nitrogens with zero attached hydrogens (tertiary/aromatic N) is 2. The third-order valence-corrected chi connectivity index (χ3v) is 3.28. The van der Waals surface area contributed by atoms with Crippen molar-refractivity contribution in [3.63, 3.8) is 0 Å². The second-order valence-electron chi connectivity index (χ2n) is 4.63. The average molecular weight is 263 g/mol. The summed E-state index contributed by atoms with van der Waals surface area (Å²) in [4.78, 5) is 29.1. The molecule has 1 aromatic rings. The Morgan fingerprint density at radius 2 is 2.21 bits per heavy atom. The van der Waals surface area contributed by atoms with Crippen LogP contribution >= 0.6 is 0 Å². The van der Waals surface area contributed by atoms with Crippen molar-refractivity contribution < 1.29 is 14.7 Å². The Morgan fingerprint density at radius 3 is 2.84 bits per heavy atom. The highest BCUT2D eigenvalue weighted by atomic mass is 16.4. The van der Waals surface area contributed by atoms with Crippen molar-refractivity contribution in [1.29, 1.82) is 0 Å². The molecule has 1 aliphatic heterocycles. The number of hydrogen-bond donors (Lipinski definition) is 2. The number of aromatic nitrogens is 1. The Hall–Kier alpha value is -2.11. The van der Waals surface area contributed by atoms with Gasteiger partial charge in [0.15, 0.2) is 0 Å². The standard InChI is InChI=1S/C13H17N3O3/c1-8-6-9(13(18)19)7-11(15-8)16-5-3-4-10(16)12(17)14-2/h6-7,10H,3-5H2,1-2H3,(H,14,17)(H,18,19). The van der Waals surface area contributed by atoms with Crippen molar-refractivity contribution in [2.24, 2.45) is 0 Å². The zero-order valence-corrected chi connectivity index (χ0v) is 11.0. The van der Waals surface area contributed by atoms with Gasteiger partial charge < -0.3 is 15.3 Å². The van der Waals surface area contributed by atoms with Crippen LogP contribution in [0.1, 0.15) is 28.9 Å². The molecule has 2 heterocycles. The van der Waals surface area contributed by atoms with E-state index in [4.69, 9.17) is 5.11 Å². The first-order valence-corrected chi connectivity index (χ1v) is 6.23. The monoisotopic (exact) mass is 263 g/mol. The number of anilines is 1. The van der Waals surface area contributed by atoms with E-state index in [1.165, 1.54) is 12.1 Å². The van der Waals surface area contributed by atoms with Gasteiger partial charge in [0, 0.05) is 19.3 Å². The lowest BCUT2D eigenvalue weighted by Crippen LogP contribution is -2.42. The van der Waals surface area contributed by atoms with E-state index >= 15 is 0 Å². The molecule has 0 spiro atoms. The molecule has 19 heavy (non-hydrogen) atoms. The zero-order chi connectivity index (χ0) is 14.0. The molecule has 1 fully saturated rings. The van der Waals surface area contributed by atoms with Crippen LogP contribution in [0.25, 0.3) is 0 Å². The van der Waals surface area contributed by atoms with Gasteiger partial charge in [-0.3, -0.25) is 4.79 Å². The Labute approximate surface area is 111 Å². The predicted octanol–water partition coefficient (Wildman–Crippen LogP) is 0.803. The zero-order valence-electron chi connectivity index (χ0n) is 11.0. The first-order chi connectivity index (χ1) is 9.02. The van der Waals surface area contributed by atoms with Crippen LogP contribution in [-0.4, -0.2) is 41.6 Å². The molecule has 6 heteroatoms. The van der Waals surface area contributed by atoms with Crippen LogP contribution in [0.3, 0.4) is 0 Å². The molecule has 0 aromatic carbocycles. The molecule has 0 saturated carbocycles.